The maximum absolute atomic E-state index is 6.18. The first-order valence-corrected chi connectivity index (χ1v) is 7.94. The van der Waals surface area contributed by atoms with Crippen LogP contribution < -0.4 is 20.7 Å². The molecule has 0 aliphatic carbocycles. The number of ether oxygens (including phenoxy) is 1. The molecule has 1 aromatic carbocycles. The first-order valence-electron chi connectivity index (χ1n) is 7.94. The normalized spacial score (nSPS) is 10.2. The van der Waals surface area contributed by atoms with Gasteiger partial charge >= 0.3 is 0 Å². The lowest BCUT2D eigenvalue weighted by Gasteiger charge is -2.24. The second-order valence-corrected chi connectivity index (χ2v) is 5.55. The van der Waals surface area contributed by atoms with Gasteiger partial charge in [-0.15, -0.1) is 0 Å². The molecule has 0 bridgehead atoms. The molecule has 0 aromatic heterocycles. The highest BCUT2D eigenvalue weighted by atomic mass is 16.5. The van der Waals surface area contributed by atoms with Crippen molar-refractivity contribution in [1.82, 2.24) is 4.90 Å². The van der Waals surface area contributed by atoms with Gasteiger partial charge in [0.05, 0.1) is 24.2 Å². The SMILES string of the molecule is C=C/C=N\CNc1cc(N)c(N(C)CCN(C)C)cc1OC.C=NC. The predicted octanol–water partition coefficient (Wildman–Crippen LogP) is 2.22. The van der Waals surface area contributed by atoms with E-state index in [0.29, 0.717) is 12.4 Å². The van der Waals surface area contributed by atoms with E-state index >= 15 is 0 Å². The predicted molar refractivity (Wildman–Crippen MR) is 112 cm³/mol. The van der Waals surface area contributed by atoms with Gasteiger partial charge in [-0.3, -0.25) is 4.99 Å². The maximum Gasteiger partial charge on any atom is 0.144 e. The molecule has 7 nitrogen and oxygen atoms in total. The van der Waals surface area contributed by atoms with Crippen molar-refractivity contribution in [3.63, 3.8) is 0 Å². The minimum absolute atomic E-state index is 0.442. The summed E-state index contributed by atoms with van der Waals surface area (Å²) in [7, 11) is 9.41. The van der Waals surface area contributed by atoms with E-state index in [0.717, 1.165) is 30.2 Å². The molecular weight excluding hydrogens is 316 g/mol. The molecule has 0 unspecified atom stereocenters. The number of aliphatic imine (C=N–C) groups is 2. The van der Waals surface area contributed by atoms with Crippen LogP contribution in [0.25, 0.3) is 0 Å². The fourth-order valence-corrected chi connectivity index (χ4v) is 1.95. The Hall–Kier alpha value is -2.54. The lowest BCUT2D eigenvalue weighted by molar-refractivity contribution is 0.413. The summed E-state index contributed by atoms with van der Waals surface area (Å²) in [5, 5.41) is 3.18. The van der Waals surface area contributed by atoms with Crippen molar-refractivity contribution in [3.05, 3.63) is 24.8 Å². The molecule has 0 saturated heterocycles. The monoisotopic (exact) mass is 348 g/mol. The third kappa shape index (κ3) is 8.76. The van der Waals surface area contributed by atoms with E-state index in [9.17, 15) is 0 Å². The Bertz CT molecular complexity index is 557. The third-order valence-corrected chi connectivity index (χ3v) is 3.21. The molecule has 0 atom stereocenters. The minimum Gasteiger partial charge on any atom is -0.495 e. The number of nitrogens with zero attached hydrogens (tertiary/aromatic N) is 4. The molecule has 1 aromatic rings. The van der Waals surface area contributed by atoms with Gasteiger partial charge in [-0.2, -0.15) is 0 Å². The molecule has 0 heterocycles. The molecule has 0 spiro atoms. The molecule has 0 fully saturated rings. The number of allylic oxidation sites excluding steroid dienone is 1. The number of methoxy groups -OCH3 is 1. The zero-order valence-electron chi connectivity index (χ0n) is 16.1. The first-order chi connectivity index (χ1) is 11.9. The van der Waals surface area contributed by atoms with Crippen molar-refractivity contribution in [2.24, 2.45) is 9.98 Å². The molecule has 140 valence electrons. The standard InChI is InChI=1S/C16H27N5O.C2H5N/c1-6-7-18-12-19-14-10-13(17)15(11-16(14)22-5)21(4)9-8-20(2)3;1-3-2/h6-7,10-11,19H,1,8-9,12,17H2,2-5H3;1H2,2H3/b18-7-;. The smallest absolute Gasteiger partial charge is 0.144 e. The van der Waals surface area contributed by atoms with Crippen molar-refractivity contribution in [2.45, 2.75) is 0 Å². The zero-order valence-corrected chi connectivity index (χ0v) is 16.1. The van der Waals surface area contributed by atoms with Gasteiger partial charge < -0.3 is 30.6 Å². The highest BCUT2D eigenvalue weighted by Crippen LogP contribution is 2.34. The number of nitrogens with one attached hydrogen (secondary N) is 1. The minimum atomic E-state index is 0.442. The lowest BCUT2D eigenvalue weighted by atomic mass is 10.2. The van der Waals surface area contributed by atoms with Crippen LogP contribution in [0, 0.1) is 0 Å². The van der Waals surface area contributed by atoms with Crippen LogP contribution >= 0.6 is 0 Å². The van der Waals surface area contributed by atoms with Crippen molar-refractivity contribution in [1.29, 1.82) is 0 Å². The lowest BCUT2D eigenvalue weighted by Crippen LogP contribution is -2.29. The second kappa shape index (κ2) is 12.8. The highest BCUT2D eigenvalue weighted by molar-refractivity contribution is 5.77. The van der Waals surface area contributed by atoms with E-state index < -0.39 is 0 Å². The van der Waals surface area contributed by atoms with Gasteiger partial charge in [-0.25, -0.2) is 0 Å². The molecule has 0 saturated carbocycles. The Balaban J connectivity index is 0.00000178. The van der Waals surface area contributed by atoms with Gasteiger partial charge in [0.25, 0.3) is 0 Å². The van der Waals surface area contributed by atoms with Crippen LogP contribution in [0.1, 0.15) is 0 Å². The van der Waals surface area contributed by atoms with Crippen molar-refractivity contribution in [2.75, 3.05) is 71.0 Å². The summed E-state index contributed by atoms with van der Waals surface area (Å²) in [6.45, 7) is 8.97. The van der Waals surface area contributed by atoms with Crippen molar-refractivity contribution >= 4 is 30.0 Å². The summed E-state index contributed by atoms with van der Waals surface area (Å²) in [6, 6.07) is 3.83. The van der Waals surface area contributed by atoms with Gasteiger partial charge in [-0.1, -0.05) is 12.7 Å². The van der Waals surface area contributed by atoms with Gasteiger partial charge in [0.1, 0.15) is 12.4 Å². The molecule has 0 aliphatic rings. The molecule has 0 amide bonds. The molecule has 3 N–H and O–H groups in total. The molecule has 1 rings (SSSR count). The molecule has 0 aliphatic heterocycles. The summed E-state index contributed by atoms with van der Waals surface area (Å²) in [5.74, 6) is 0.745. The molecule has 0 radical (unpaired) electrons. The Morgan fingerprint density at radius 1 is 1.28 bits per heavy atom. The number of rotatable bonds is 9. The van der Waals surface area contributed by atoms with E-state index in [1.807, 2.05) is 19.2 Å². The Morgan fingerprint density at radius 2 is 1.92 bits per heavy atom. The second-order valence-electron chi connectivity index (χ2n) is 5.55. The van der Waals surface area contributed by atoms with Gasteiger partial charge in [0.2, 0.25) is 0 Å². The molecular formula is C18H32N6O. The van der Waals surface area contributed by atoms with Gasteiger partial charge in [0.15, 0.2) is 0 Å². The van der Waals surface area contributed by atoms with Crippen LogP contribution in [0.4, 0.5) is 17.1 Å². The van der Waals surface area contributed by atoms with E-state index in [1.54, 1.807) is 26.4 Å². The average Bonchev–Trinajstić information content (AvgIpc) is 2.57. The number of nitrogens with two attached hydrogens (primary N) is 1. The van der Waals surface area contributed by atoms with E-state index in [-0.39, 0.29) is 0 Å². The Labute approximate surface area is 151 Å². The first kappa shape index (κ1) is 22.5. The van der Waals surface area contributed by atoms with Crippen LogP contribution in [0.3, 0.4) is 0 Å². The summed E-state index contributed by atoms with van der Waals surface area (Å²) < 4.78 is 5.45. The topological polar surface area (TPSA) is 78.5 Å². The van der Waals surface area contributed by atoms with Crippen LogP contribution in [0.5, 0.6) is 5.75 Å². The van der Waals surface area contributed by atoms with Crippen LogP contribution in [-0.4, -0.2) is 72.9 Å². The fraction of sp³-hybridized carbons (Fsp3) is 0.444. The number of hydrogen-bond donors (Lipinski definition) is 2. The van der Waals surface area contributed by atoms with Crippen LogP contribution in [0.15, 0.2) is 34.8 Å². The number of likely N-dealkylation sites (N-methyl/N-ethyl adjacent to an activating group) is 2. The molecule has 25 heavy (non-hydrogen) atoms. The van der Waals surface area contributed by atoms with Crippen molar-refractivity contribution < 1.29 is 4.74 Å². The number of anilines is 3. The third-order valence-electron chi connectivity index (χ3n) is 3.21. The Kier molecular flexibility index (Phi) is 11.5. The quantitative estimate of drug-likeness (QED) is 0.528. The van der Waals surface area contributed by atoms with Gasteiger partial charge in [-0.05, 0) is 26.9 Å². The summed E-state index contributed by atoms with van der Waals surface area (Å²) in [4.78, 5) is 11.6. The van der Waals surface area contributed by atoms with E-state index in [2.05, 4.69) is 52.5 Å². The zero-order chi connectivity index (χ0) is 19.2. The highest BCUT2D eigenvalue weighted by Gasteiger charge is 2.12. The van der Waals surface area contributed by atoms with Crippen molar-refractivity contribution in [3.8, 4) is 5.75 Å². The number of nitrogen functional groups attached to an aromatic ring is 1. The fourth-order valence-electron chi connectivity index (χ4n) is 1.95. The van der Waals surface area contributed by atoms with E-state index in [1.165, 1.54) is 0 Å². The van der Waals surface area contributed by atoms with Crippen LogP contribution in [0.2, 0.25) is 0 Å². The van der Waals surface area contributed by atoms with Gasteiger partial charge in [0, 0.05) is 39.5 Å². The largest absolute Gasteiger partial charge is 0.495 e. The van der Waals surface area contributed by atoms with E-state index in [4.69, 9.17) is 10.5 Å². The summed E-state index contributed by atoms with van der Waals surface area (Å²) in [6.07, 6.45) is 3.28. The Morgan fingerprint density at radius 3 is 2.44 bits per heavy atom. The van der Waals surface area contributed by atoms with Crippen LogP contribution in [-0.2, 0) is 0 Å². The molecule has 7 heteroatoms. The summed E-state index contributed by atoms with van der Waals surface area (Å²) in [5.41, 5.74) is 8.67. The summed E-state index contributed by atoms with van der Waals surface area (Å²) >= 11 is 0. The number of benzene rings is 1. The maximum atomic E-state index is 6.18. The average molecular weight is 348 g/mol. The number of hydrogen-bond acceptors (Lipinski definition) is 7.